The minimum Gasteiger partial charge on any atom is -0.389 e. The van der Waals surface area contributed by atoms with E-state index in [0.29, 0.717) is 0 Å². The van der Waals surface area contributed by atoms with Crippen molar-refractivity contribution < 1.29 is 14.3 Å². The summed E-state index contributed by atoms with van der Waals surface area (Å²) in [5.74, 6) is -1.99. The molecule has 88 valence electrons. The molecule has 1 saturated heterocycles. The first-order valence-electron chi connectivity index (χ1n) is 5.78. The number of carbonyl (C=O) groups excluding carboxylic acids is 2. The first kappa shape index (κ1) is 11.7. The van der Waals surface area contributed by atoms with Gasteiger partial charge < -0.3 is 4.74 Å². The molecule has 2 rings (SSSR count). The molecule has 3 heteroatoms. The highest BCUT2D eigenvalue weighted by molar-refractivity contribution is 5.97. The summed E-state index contributed by atoms with van der Waals surface area (Å²) in [4.78, 5) is 23.0. The molecule has 17 heavy (non-hydrogen) atoms. The number of ether oxygens (including phenoxy) is 1. The van der Waals surface area contributed by atoms with E-state index in [2.05, 4.69) is 11.7 Å². The lowest BCUT2D eigenvalue weighted by Gasteiger charge is -2.19. The van der Waals surface area contributed by atoms with Crippen LogP contribution in [0.1, 0.15) is 24.8 Å². The highest BCUT2D eigenvalue weighted by Gasteiger charge is 2.50. The molecule has 0 bridgehead atoms. The number of hydrogen-bond donors (Lipinski definition) is 0. The smallest absolute Gasteiger partial charge is 0.362 e. The monoisotopic (exact) mass is 231 g/mol. The molecule has 1 heterocycles. The number of hydrogen-bond acceptors (Lipinski definition) is 3. The minimum absolute atomic E-state index is 0.00218. The Kier molecular flexibility index (Phi) is 3.18. The average molecular weight is 231 g/mol. The van der Waals surface area contributed by atoms with Crippen LogP contribution in [0.15, 0.2) is 30.3 Å². The topological polar surface area (TPSA) is 43.4 Å². The Morgan fingerprint density at radius 3 is 2.35 bits per heavy atom. The molecule has 1 aliphatic heterocycles. The zero-order chi connectivity index (χ0) is 12.4. The fraction of sp³-hybridized carbons (Fsp3) is 0.357. The van der Waals surface area contributed by atoms with E-state index in [1.165, 1.54) is 0 Å². The number of cyclic esters (lactones) is 2. The van der Waals surface area contributed by atoms with Crippen molar-refractivity contribution in [2.75, 3.05) is 0 Å². The van der Waals surface area contributed by atoms with Crippen LogP contribution in [0.25, 0.3) is 0 Å². The molecule has 3 atom stereocenters. The van der Waals surface area contributed by atoms with Crippen molar-refractivity contribution >= 4 is 11.9 Å². The van der Waals surface area contributed by atoms with Gasteiger partial charge in [-0.1, -0.05) is 37.3 Å². The van der Waals surface area contributed by atoms with Gasteiger partial charge in [-0.3, -0.25) is 4.79 Å². The Hall–Kier alpha value is -1.77. The quantitative estimate of drug-likeness (QED) is 0.455. The predicted octanol–water partition coefficient (Wildman–Crippen LogP) is 2.33. The van der Waals surface area contributed by atoms with Crippen molar-refractivity contribution in [2.24, 2.45) is 11.8 Å². The molecular formula is C14H15O3+. The summed E-state index contributed by atoms with van der Waals surface area (Å²) in [6.07, 6.45) is 0.781. The second-order valence-corrected chi connectivity index (χ2v) is 4.30. The van der Waals surface area contributed by atoms with Crippen LogP contribution in [0.2, 0.25) is 0 Å². The van der Waals surface area contributed by atoms with E-state index in [0.717, 1.165) is 12.0 Å². The van der Waals surface area contributed by atoms with Gasteiger partial charge in [-0.05, 0) is 12.0 Å². The third kappa shape index (κ3) is 2.05. The molecule has 0 aromatic heterocycles. The maximum atomic E-state index is 11.7. The van der Waals surface area contributed by atoms with Crippen molar-refractivity contribution in [3.8, 4) is 0 Å². The van der Waals surface area contributed by atoms with E-state index < -0.39 is 23.8 Å². The third-order valence-electron chi connectivity index (χ3n) is 3.31. The molecule has 1 aliphatic rings. The summed E-state index contributed by atoms with van der Waals surface area (Å²) in [5, 5.41) is 0. The van der Waals surface area contributed by atoms with Gasteiger partial charge in [0, 0.05) is 5.92 Å². The summed E-state index contributed by atoms with van der Waals surface area (Å²) < 4.78 is 4.65. The third-order valence-corrected chi connectivity index (χ3v) is 3.31. The number of esters is 2. The molecule has 0 radical (unpaired) electrons. The normalized spacial score (nSPS) is 25.7. The van der Waals surface area contributed by atoms with Crippen molar-refractivity contribution in [1.82, 2.24) is 0 Å². The van der Waals surface area contributed by atoms with E-state index in [9.17, 15) is 9.59 Å². The number of rotatable bonds is 3. The molecule has 1 aromatic carbocycles. The molecule has 1 fully saturated rings. The standard InChI is InChI=1S/C14H15O3/c1-3-11(10-7-5-4-6-8-10)12-9(2)13(15)17-14(12)16/h4-9,11-12H,2-3H2,1H3/q+1. The maximum Gasteiger partial charge on any atom is 0.362 e. The molecule has 3 unspecified atom stereocenters. The van der Waals surface area contributed by atoms with Crippen LogP contribution in [0, 0.1) is 18.8 Å². The van der Waals surface area contributed by atoms with Gasteiger partial charge in [0.15, 0.2) is 0 Å². The zero-order valence-corrected chi connectivity index (χ0v) is 9.76. The van der Waals surface area contributed by atoms with Crippen LogP contribution in [-0.2, 0) is 14.3 Å². The van der Waals surface area contributed by atoms with Crippen LogP contribution >= 0.6 is 0 Å². The molecule has 1 aromatic rings. The number of benzene rings is 1. The van der Waals surface area contributed by atoms with Crippen LogP contribution in [0.4, 0.5) is 0 Å². The van der Waals surface area contributed by atoms with Crippen molar-refractivity contribution in [3.63, 3.8) is 0 Å². The largest absolute Gasteiger partial charge is 0.389 e. The predicted molar refractivity (Wildman–Crippen MR) is 62.9 cm³/mol. The lowest BCUT2D eigenvalue weighted by molar-refractivity contribution is -0.153. The summed E-state index contributed by atoms with van der Waals surface area (Å²) in [6.45, 7) is 5.75. The minimum atomic E-state index is -0.590. The van der Waals surface area contributed by atoms with Gasteiger partial charge in [0.1, 0.15) is 5.92 Å². The fourth-order valence-corrected chi connectivity index (χ4v) is 2.40. The molecule has 0 saturated carbocycles. The summed E-state index contributed by atoms with van der Waals surface area (Å²) in [6, 6.07) is 9.72. The lowest BCUT2D eigenvalue weighted by atomic mass is 9.78. The van der Waals surface area contributed by atoms with Gasteiger partial charge in [-0.25, -0.2) is 4.79 Å². The Bertz CT molecular complexity index is 424. The van der Waals surface area contributed by atoms with E-state index in [1.54, 1.807) is 0 Å². The Morgan fingerprint density at radius 2 is 1.88 bits per heavy atom. The summed E-state index contributed by atoms with van der Waals surface area (Å²) in [7, 11) is 0. The second kappa shape index (κ2) is 4.62. The highest BCUT2D eigenvalue weighted by atomic mass is 16.6. The second-order valence-electron chi connectivity index (χ2n) is 4.30. The summed E-state index contributed by atoms with van der Waals surface area (Å²) in [5.41, 5.74) is 1.06. The van der Waals surface area contributed by atoms with Gasteiger partial charge in [-0.15, -0.1) is 0 Å². The lowest BCUT2D eigenvalue weighted by Crippen LogP contribution is -2.23. The van der Waals surface area contributed by atoms with Crippen LogP contribution in [-0.4, -0.2) is 11.9 Å². The van der Waals surface area contributed by atoms with Crippen LogP contribution in [0.3, 0.4) is 0 Å². The van der Waals surface area contributed by atoms with Gasteiger partial charge in [0.2, 0.25) is 5.92 Å². The highest BCUT2D eigenvalue weighted by Crippen LogP contribution is 2.37. The fourth-order valence-electron chi connectivity index (χ4n) is 2.40. The molecule has 3 nitrogen and oxygen atoms in total. The van der Waals surface area contributed by atoms with Crippen molar-refractivity contribution in [1.29, 1.82) is 0 Å². The molecule has 0 N–H and O–H groups in total. The van der Waals surface area contributed by atoms with Gasteiger partial charge in [-0.2, -0.15) is 0 Å². The Balaban J connectivity index is 2.31. The summed E-state index contributed by atoms with van der Waals surface area (Å²) >= 11 is 0. The van der Waals surface area contributed by atoms with Crippen LogP contribution in [0.5, 0.6) is 0 Å². The maximum absolute atomic E-state index is 11.7. The molecular weight excluding hydrogens is 216 g/mol. The van der Waals surface area contributed by atoms with E-state index in [4.69, 9.17) is 0 Å². The SMILES string of the molecule is [CH2+]C1C(=O)OC(=O)C1C(CC)c1ccccc1. The van der Waals surface area contributed by atoms with Gasteiger partial charge in [0.25, 0.3) is 0 Å². The van der Waals surface area contributed by atoms with E-state index in [1.807, 2.05) is 37.3 Å². The van der Waals surface area contributed by atoms with Gasteiger partial charge in [0.05, 0.1) is 6.92 Å². The Morgan fingerprint density at radius 1 is 1.24 bits per heavy atom. The van der Waals surface area contributed by atoms with E-state index in [-0.39, 0.29) is 5.92 Å². The zero-order valence-electron chi connectivity index (χ0n) is 9.76. The van der Waals surface area contributed by atoms with Gasteiger partial charge >= 0.3 is 11.9 Å². The average Bonchev–Trinajstić information content (AvgIpc) is 2.58. The first-order chi connectivity index (χ1) is 8.15. The molecule has 0 amide bonds. The Labute approximate surface area is 101 Å². The first-order valence-corrected chi connectivity index (χ1v) is 5.78. The van der Waals surface area contributed by atoms with Crippen molar-refractivity contribution in [2.45, 2.75) is 19.3 Å². The van der Waals surface area contributed by atoms with Crippen LogP contribution < -0.4 is 0 Å². The number of carbonyl (C=O) groups is 2. The molecule has 0 spiro atoms. The van der Waals surface area contributed by atoms with E-state index >= 15 is 0 Å². The van der Waals surface area contributed by atoms with Crippen molar-refractivity contribution in [3.05, 3.63) is 42.8 Å². The molecule has 0 aliphatic carbocycles.